The van der Waals surface area contributed by atoms with Crippen LogP contribution in [-0.2, 0) is 4.79 Å². The maximum atomic E-state index is 11.8. The van der Waals surface area contributed by atoms with Crippen molar-refractivity contribution in [1.82, 2.24) is 5.43 Å². The van der Waals surface area contributed by atoms with Crippen LogP contribution in [0.2, 0.25) is 0 Å². The first-order valence-corrected chi connectivity index (χ1v) is 7.37. The molecule has 0 spiro atoms. The number of hydrogen-bond acceptors (Lipinski definition) is 6. The predicted molar refractivity (Wildman–Crippen MR) is 91.9 cm³/mol. The van der Waals surface area contributed by atoms with E-state index in [0.29, 0.717) is 11.3 Å². The third-order valence-corrected chi connectivity index (χ3v) is 3.36. The molecule has 8 nitrogen and oxygen atoms in total. The summed E-state index contributed by atoms with van der Waals surface area (Å²) in [7, 11) is 0. The minimum atomic E-state index is -0.692. The molecular formula is C17H17N3O5. The van der Waals surface area contributed by atoms with E-state index in [4.69, 9.17) is 4.74 Å². The van der Waals surface area contributed by atoms with Crippen LogP contribution in [0.1, 0.15) is 16.7 Å². The molecule has 8 heteroatoms. The number of carbonyl (C=O) groups is 1. The second kappa shape index (κ2) is 7.91. The largest absolute Gasteiger partial charge is 0.502 e. The number of ether oxygens (including phenoxy) is 1. The second-order valence-electron chi connectivity index (χ2n) is 5.31. The van der Waals surface area contributed by atoms with Gasteiger partial charge in [-0.25, -0.2) is 5.43 Å². The molecule has 130 valence electrons. The summed E-state index contributed by atoms with van der Waals surface area (Å²) in [6.45, 7) is 3.58. The number of carbonyl (C=O) groups excluding carboxylic acids is 1. The zero-order chi connectivity index (χ0) is 18.4. The van der Waals surface area contributed by atoms with Crippen LogP contribution in [-0.4, -0.2) is 28.8 Å². The molecule has 0 unspecified atom stereocenters. The Kier molecular flexibility index (Phi) is 5.67. The number of phenols is 1. The monoisotopic (exact) mass is 343 g/mol. The summed E-state index contributed by atoms with van der Waals surface area (Å²) in [6, 6.07) is 9.42. The Morgan fingerprint density at radius 1 is 1.32 bits per heavy atom. The van der Waals surface area contributed by atoms with Gasteiger partial charge < -0.3 is 9.84 Å². The zero-order valence-corrected chi connectivity index (χ0v) is 13.7. The van der Waals surface area contributed by atoms with Gasteiger partial charge in [0.1, 0.15) is 5.75 Å². The number of benzene rings is 2. The van der Waals surface area contributed by atoms with Crippen molar-refractivity contribution < 1.29 is 19.6 Å². The highest BCUT2D eigenvalue weighted by molar-refractivity contribution is 5.83. The molecule has 1 amide bonds. The van der Waals surface area contributed by atoms with Gasteiger partial charge in [-0.05, 0) is 42.7 Å². The second-order valence-corrected chi connectivity index (χ2v) is 5.31. The standard InChI is InChI=1S/C17H17N3O5/c1-11-4-3-5-12(2)17(11)25-10-16(22)19-18-9-13-6-7-14(20(23)24)15(21)8-13/h3-9,21H,10H2,1-2H3,(H,19,22)/b18-9+. The lowest BCUT2D eigenvalue weighted by Gasteiger charge is -2.10. The normalized spacial score (nSPS) is 10.6. The Morgan fingerprint density at radius 2 is 2.00 bits per heavy atom. The van der Waals surface area contributed by atoms with E-state index in [9.17, 15) is 20.0 Å². The SMILES string of the molecule is Cc1cccc(C)c1OCC(=O)N/N=C/c1ccc([N+](=O)[O-])c(O)c1. The highest BCUT2D eigenvalue weighted by atomic mass is 16.6. The predicted octanol–water partition coefficient (Wildman–Crippen LogP) is 2.45. The molecule has 0 aliphatic carbocycles. The number of aryl methyl sites for hydroxylation is 2. The van der Waals surface area contributed by atoms with E-state index in [-0.39, 0.29) is 6.61 Å². The first-order valence-electron chi connectivity index (χ1n) is 7.37. The molecule has 2 aromatic carbocycles. The van der Waals surface area contributed by atoms with Gasteiger partial charge in [0.2, 0.25) is 0 Å². The van der Waals surface area contributed by atoms with Crippen molar-refractivity contribution in [2.75, 3.05) is 6.61 Å². The maximum Gasteiger partial charge on any atom is 0.310 e. The molecule has 25 heavy (non-hydrogen) atoms. The number of nitro groups is 1. The number of para-hydroxylation sites is 1. The van der Waals surface area contributed by atoms with Gasteiger partial charge in [0.25, 0.3) is 5.91 Å². The molecular weight excluding hydrogens is 326 g/mol. The van der Waals surface area contributed by atoms with Crippen LogP contribution in [0, 0.1) is 24.0 Å². The Hall–Kier alpha value is -3.42. The van der Waals surface area contributed by atoms with Crippen LogP contribution in [0.15, 0.2) is 41.5 Å². The van der Waals surface area contributed by atoms with Crippen molar-refractivity contribution in [3.63, 3.8) is 0 Å². The van der Waals surface area contributed by atoms with Crippen LogP contribution in [0.25, 0.3) is 0 Å². The number of amides is 1. The number of phenolic OH excluding ortho intramolecular Hbond substituents is 1. The van der Waals surface area contributed by atoms with E-state index in [2.05, 4.69) is 10.5 Å². The van der Waals surface area contributed by atoms with Crippen LogP contribution < -0.4 is 10.2 Å². The van der Waals surface area contributed by atoms with E-state index in [1.54, 1.807) is 0 Å². The Labute approximate surface area is 143 Å². The maximum absolute atomic E-state index is 11.8. The van der Waals surface area contributed by atoms with Crippen LogP contribution in [0.3, 0.4) is 0 Å². The Balaban J connectivity index is 1.90. The molecule has 2 rings (SSSR count). The van der Waals surface area contributed by atoms with E-state index < -0.39 is 22.3 Å². The number of hydrogen-bond donors (Lipinski definition) is 2. The van der Waals surface area contributed by atoms with Crippen molar-refractivity contribution in [3.05, 3.63) is 63.2 Å². The van der Waals surface area contributed by atoms with Crippen LogP contribution >= 0.6 is 0 Å². The quantitative estimate of drug-likeness (QED) is 0.475. The minimum absolute atomic E-state index is 0.200. The highest BCUT2D eigenvalue weighted by Gasteiger charge is 2.12. The lowest BCUT2D eigenvalue weighted by molar-refractivity contribution is -0.385. The number of nitrogens with zero attached hydrogens (tertiary/aromatic N) is 2. The molecule has 0 aliphatic rings. The van der Waals surface area contributed by atoms with Gasteiger partial charge >= 0.3 is 5.69 Å². The lowest BCUT2D eigenvalue weighted by atomic mass is 10.1. The van der Waals surface area contributed by atoms with Crippen LogP contribution in [0.5, 0.6) is 11.5 Å². The molecule has 0 radical (unpaired) electrons. The van der Waals surface area contributed by atoms with E-state index >= 15 is 0 Å². The fourth-order valence-corrected chi connectivity index (χ4v) is 2.15. The molecule has 0 aliphatic heterocycles. The Morgan fingerprint density at radius 3 is 2.60 bits per heavy atom. The van der Waals surface area contributed by atoms with Gasteiger partial charge in [-0.1, -0.05) is 18.2 Å². The van der Waals surface area contributed by atoms with Gasteiger partial charge in [0, 0.05) is 6.07 Å². The van der Waals surface area contributed by atoms with Crippen molar-refractivity contribution in [3.8, 4) is 11.5 Å². The summed E-state index contributed by atoms with van der Waals surface area (Å²) in [5, 5.41) is 23.9. The topological polar surface area (TPSA) is 114 Å². The van der Waals surface area contributed by atoms with Crippen molar-refractivity contribution >= 4 is 17.8 Å². The smallest absolute Gasteiger partial charge is 0.310 e. The molecule has 0 atom stereocenters. The van der Waals surface area contributed by atoms with Gasteiger partial charge in [-0.3, -0.25) is 14.9 Å². The van der Waals surface area contributed by atoms with Gasteiger partial charge in [-0.2, -0.15) is 5.10 Å². The highest BCUT2D eigenvalue weighted by Crippen LogP contribution is 2.25. The number of nitrogens with one attached hydrogen (secondary N) is 1. The van der Waals surface area contributed by atoms with E-state index in [1.807, 2.05) is 32.0 Å². The number of rotatable bonds is 6. The molecule has 0 aromatic heterocycles. The molecule has 0 saturated carbocycles. The number of hydrazone groups is 1. The van der Waals surface area contributed by atoms with Crippen LogP contribution in [0.4, 0.5) is 5.69 Å². The summed E-state index contributed by atoms with van der Waals surface area (Å²) < 4.78 is 5.49. The molecule has 0 saturated heterocycles. The number of nitro benzene ring substituents is 1. The van der Waals surface area contributed by atoms with Crippen molar-refractivity contribution in [2.24, 2.45) is 5.10 Å². The molecule has 0 bridgehead atoms. The molecule has 0 fully saturated rings. The molecule has 0 heterocycles. The summed E-state index contributed by atoms with van der Waals surface area (Å²) in [6.07, 6.45) is 1.26. The fourth-order valence-electron chi connectivity index (χ4n) is 2.15. The number of aromatic hydroxyl groups is 1. The minimum Gasteiger partial charge on any atom is -0.502 e. The summed E-state index contributed by atoms with van der Waals surface area (Å²) >= 11 is 0. The summed E-state index contributed by atoms with van der Waals surface area (Å²) in [5.41, 5.74) is 4.15. The summed E-state index contributed by atoms with van der Waals surface area (Å²) in [4.78, 5) is 21.7. The third kappa shape index (κ3) is 4.77. The molecule has 2 N–H and O–H groups in total. The van der Waals surface area contributed by atoms with Crippen molar-refractivity contribution in [2.45, 2.75) is 13.8 Å². The first-order chi connectivity index (χ1) is 11.9. The van der Waals surface area contributed by atoms with E-state index in [1.165, 1.54) is 18.3 Å². The zero-order valence-electron chi connectivity index (χ0n) is 13.7. The molecule has 2 aromatic rings. The van der Waals surface area contributed by atoms with Crippen molar-refractivity contribution in [1.29, 1.82) is 0 Å². The average molecular weight is 343 g/mol. The first kappa shape index (κ1) is 17.9. The Bertz CT molecular complexity index is 813. The van der Waals surface area contributed by atoms with Gasteiger partial charge in [-0.15, -0.1) is 0 Å². The lowest BCUT2D eigenvalue weighted by Crippen LogP contribution is -2.25. The van der Waals surface area contributed by atoms with Gasteiger partial charge in [0.05, 0.1) is 11.1 Å². The average Bonchev–Trinajstić information content (AvgIpc) is 2.54. The van der Waals surface area contributed by atoms with Gasteiger partial charge in [0.15, 0.2) is 12.4 Å². The summed E-state index contributed by atoms with van der Waals surface area (Å²) in [5.74, 6) is -0.273. The fraction of sp³-hybridized carbons (Fsp3) is 0.176. The third-order valence-electron chi connectivity index (χ3n) is 3.36. The van der Waals surface area contributed by atoms with E-state index in [0.717, 1.165) is 17.2 Å².